The molecular formula is C13H17F4NS. The van der Waals surface area contributed by atoms with Crippen molar-refractivity contribution in [1.82, 2.24) is 0 Å². The van der Waals surface area contributed by atoms with E-state index in [-0.39, 0.29) is 11.7 Å². The van der Waals surface area contributed by atoms with E-state index >= 15 is 0 Å². The van der Waals surface area contributed by atoms with Crippen molar-refractivity contribution in [3.8, 4) is 0 Å². The number of nitrogens with one attached hydrogen (secondary N) is 1. The standard InChI is InChI=1S/C13H17F4NS/c1-3-19-7-6-9(2)18-12-5-4-10(8-11(12)14)13(15,16)17/h4-5,8-9,18H,3,6-7H2,1-2H3. The van der Waals surface area contributed by atoms with Crippen LogP contribution in [0.15, 0.2) is 18.2 Å². The first-order valence-corrected chi connectivity index (χ1v) is 7.21. The van der Waals surface area contributed by atoms with E-state index in [2.05, 4.69) is 12.2 Å². The maximum Gasteiger partial charge on any atom is 0.416 e. The van der Waals surface area contributed by atoms with E-state index in [1.54, 1.807) is 11.8 Å². The monoisotopic (exact) mass is 295 g/mol. The van der Waals surface area contributed by atoms with Gasteiger partial charge in [0.15, 0.2) is 0 Å². The Labute approximate surface area is 114 Å². The van der Waals surface area contributed by atoms with E-state index in [1.165, 1.54) is 0 Å². The highest BCUT2D eigenvalue weighted by Crippen LogP contribution is 2.31. The van der Waals surface area contributed by atoms with Crippen molar-refractivity contribution in [2.24, 2.45) is 0 Å². The highest BCUT2D eigenvalue weighted by molar-refractivity contribution is 7.99. The number of thioether (sulfide) groups is 1. The third-order valence-electron chi connectivity index (χ3n) is 2.60. The van der Waals surface area contributed by atoms with Gasteiger partial charge in [0.25, 0.3) is 0 Å². The smallest absolute Gasteiger partial charge is 0.380 e. The molecule has 0 heterocycles. The van der Waals surface area contributed by atoms with Crippen molar-refractivity contribution >= 4 is 17.4 Å². The molecule has 1 N–H and O–H groups in total. The van der Waals surface area contributed by atoms with Crippen molar-refractivity contribution in [2.75, 3.05) is 16.8 Å². The first kappa shape index (κ1) is 16.1. The molecule has 0 saturated heterocycles. The molecule has 1 atom stereocenters. The quantitative estimate of drug-likeness (QED) is 0.598. The Morgan fingerprint density at radius 2 is 2.00 bits per heavy atom. The molecule has 0 radical (unpaired) electrons. The summed E-state index contributed by atoms with van der Waals surface area (Å²) >= 11 is 1.77. The summed E-state index contributed by atoms with van der Waals surface area (Å²) in [5.41, 5.74) is -0.855. The maximum atomic E-state index is 13.6. The van der Waals surface area contributed by atoms with Gasteiger partial charge in [0.05, 0.1) is 11.3 Å². The molecule has 0 spiro atoms. The Hall–Kier alpha value is -0.910. The number of halogens is 4. The van der Waals surface area contributed by atoms with Crippen LogP contribution in [0.2, 0.25) is 0 Å². The number of benzene rings is 1. The number of rotatable bonds is 6. The summed E-state index contributed by atoms with van der Waals surface area (Å²) in [6, 6.07) is 2.57. The van der Waals surface area contributed by atoms with Crippen LogP contribution in [-0.4, -0.2) is 17.5 Å². The van der Waals surface area contributed by atoms with Crippen molar-refractivity contribution < 1.29 is 17.6 Å². The molecule has 0 aliphatic rings. The van der Waals surface area contributed by atoms with Crippen molar-refractivity contribution in [3.05, 3.63) is 29.6 Å². The van der Waals surface area contributed by atoms with Crippen molar-refractivity contribution in [1.29, 1.82) is 0 Å². The van der Waals surface area contributed by atoms with Gasteiger partial charge < -0.3 is 5.32 Å². The van der Waals surface area contributed by atoms with Crippen LogP contribution in [0.1, 0.15) is 25.8 Å². The minimum Gasteiger partial charge on any atom is -0.380 e. The van der Waals surface area contributed by atoms with Crippen LogP contribution in [0.3, 0.4) is 0 Å². The summed E-state index contributed by atoms with van der Waals surface area (Å²) in [5.74, 6) is 1.08. The molecule has 0 aromatic heterocycles. The minimum absolute atomic E-state index is 0.0188. The van der Waals surface area contributed by atoms with Gasteiger partial charge in [0.1, 0.15) is 5.82 Å². The second kappa shape index (κ2) is 7.03. The van der Waals surface area contributed by atoms with Gasteiger partial charge in [-0.1, -0.05) is 6.92 Å². The van der Waals surface area contributed by atoms with E-state index in [0.717, 1.165) is 30.1 Å². The molecule has 1 nitrogen and oxygen atoms in total. The fourth-order valence-corrected chi connectivity index (χ4v) is 2.36. The van der Waals surface area contributed by atoms with Crippen LogP contribution in [0.4, 0.5) is 23.2 Å². The van der Waals surface area contributed by atoms with Gasteiger partial charge in [-0.05, 0) is 43.0 Å². The molecule has 1 aromatic rings. The summed E-state index contributed by atoms with van der Waals surface area (Å²) in [4.78, 5) is 0. The molecular weight excluding hydrogens is 278 g/mol. The van der Waals surface area contributed by atoms with E-state index in [0.29, 0.717) is 6.07 Å². The highest BCUT2D eigenvalue weighted by Gasteiger charge is 2.31. The number of hydrogen-bond acceptors (Lipinski definition) is 2. The topological polar surface area (TPSA) is 12.0 Å². The zero-order valence-electron chi connectivity index (χ0n) is 10.9. The number of anilines is 1. The summed E-state index contributed by atoms with van der Waals surface area (Å²) in [6.07, 6.45) is -3.68. The molecule has 0 fully saturated rings. The highest BCUT2D eigenvalue weighted by atomic mass is 32.2. The molecule has 0 aliphatic carbocycles. The fraction of sp³-hybridized carbons (Fsp3) is 0.538. The van der Waals surface area contributed by atoms with Gasteiger partial charge in [-0.25, -0.2) is 4.39 Å². The summed E-state index contributed by atoms with van der Waals surface area (Å²) < 4.78 is 50.7. The summed E-state index contributed by atoms with van der Waals surface area (Å²) in [5, 5.41) is 2.89. The van der Waals surface area contributed by atoms with Crippen LogP contribution in [0, 0.1) is 5.82 Å². The van der Waals surface area contributed by atoms with Gasteiger partial charge in [-0.15, -0.1) is 0 Å². The second-order valence-electron chi connectivity index (χ2n) is 4.22. The van der Waals surface area contributed by atoms with Crippen LogP contribution >= 0.6 is 11.8 Å². The zero-order valence-corrected chi connectivity index (χ0v) is 11.7. The molecule has 0 saturated carbocycles. The molecule has 6 heteroatoms. The molecule has 1 unspecified atom stereocenters. The van der Waals surface area contributed by atoms with E-state index in [4.69, 9.17) is 0 Å². The Balaban J connectivity index is 2.65. The molecule has 108 valence electrons. The summed E-state index contributed by atoms with van der Waals surface area (Å²) in [7, 11) is 0. The molecule has 0 bridgehead atoms. The average molecular weight is 295 g/mol. The van der Waals surface area contributed by atoms with Gasteiger partial charge in [0, 0.05) is 6.04 Å². The predicted molar refractivity (Wildman–Crippen MR) is 72.1 cm³/mol. The number of alkyl halides is 3. The molecule has 0 aliphatic heterocycles. The van der Waals surface area contributed by atoms with Crippen molar-refractivity contribution in [3.63, 3.8) is 0 Å². The lowest BCUT2D eigenvalue weighted by Crippen LogP contribution is -2.17. The number of hydrogen-bond donors (Lipinski definition) is 1. The van der Waals surface area contributed by atoms with Gasteiger partial charge in [-0.2, -0.15) is 24.9 Å². The molecule has 1 aromatic carbocycles. The maximum absolute atomic E-state index is 13.6. The Bertz CT molecular complexity index is 406. The third kappa shape index (κ3) is 5.30. The van der Waals surface area contributed by atoms with E-state index in [1.807, 2.05) is 6.92 Å². The molecule has 0 amide bonds. The normalized spacial score (nSPS) is 13.4. The Kier molecular flexibility index (Phi) is 5.97. The van der Waals surface area contributed by atoms with E-state index in [9.17, 15) is 17.6 Å². The lowest BCUT2D eigenvalue weighted by Gasteiger charge is -2.16. The van der Waals surface area contributed by atoms with Crippen LogP contribution < -0.4 is 5.32 Å². The predicted octanol–water partition coefficient (Wildman–Crippen LogP) is 4.79. The zero-order chi connectivity index (χ0) is 14.5. The lowest BCUT2D eigenvalue weighted by molar-refractivity contribution is -0.137. The first-order chi connectivity index (χ1) is 8.84. The Morgan fingerprint density at radius 3 is 2.53 bits per heavy atom. The molecule has 19 heavy (non-hydrogen) atoms. The minimum atomic E-state index is -4.51. The third-order valence-corrected chi connectivity index (χ3v) is 3.53. The van der Waals surface area contributed by atoms with Crippen molar-refractivity contribution in [2.45, 2.75) is 32.5 Å². The summed E-state index contributed by atoms with van der Waals surface area (Å²) in [6.45, 7) is 3.94. The average Bonchev–Trinajstić information content (AvgIpc) is 2.31. The van der Waals surface area contributed by atoms with Crippen LogP contribution in [-0.2, 0) is 6.18 Å². The van der Waals surface area contributed by atoms with Gasteiger partial charge >= 0.3 is 6.18 Å². The fourth-order valence-electron chi connectivity index (χ4n) is 1.55. The Morgan fingerprint density at radius 1 is 1.32 bits per heavy atom. The van der Waals surface area contributed by atoms with E-state index < -0.39 is 17.6 Å². The molecule has 1 rings (SSSR count). The largest absolute Gasteiger partial charge is 0.416 e. The SMILES string of the molecule is CCSCCC(C)Nc1ccc(C(F)(F)F)cc1F. The van der Waals surface area contributed by atoms with Crippen LogP contribution in [0.25, 0.3) is 0 Å². The lowest BCUT2D eigenvalue weighted by atomic mass is 10.1. The first-order valence-electron chi connectivity index (χ1n) is 6.05. The van der Waals surface area contributed by atoms with Gasteiger partial charge in [-0.3, -0.25) is 0 Å². The van der Waals surface area contributed by atoms with Gasteiger partial charge in [0.2, 0.25) is 0 Å². The van der Waals surface area contributed by atoms with Crippen LogP contribution in [0.5, 0.6) is 0 Å². The second-order valence-corrected chi connectivity index (χ2v) is 5.62.